The number of rotatable bonds is 3. The third-order valence-corrected chi connectivity index (χ3v) is 4.81. The highest BCUT2D eigenvalue weighted by Gasteiger charge is 2.42. The van der Waals surface area contributed by atoms with Crippen LogP contribution in [0.2, 0.25) is 0 Å². The fraction of sp³-hybridized carbons (Fsp3) is 0.929. The normalized spacial score (nSPS) is 39.6. The molecule has 4 atom stereocenters. The van der Waals surface area contributed by atoms with Crippen LogP contribution in [-0.2, 0) is 9.53 Å². The van der Waals surface area contributed by atoms with Crippen LogP contribution in [0, 0.1) is 11.8 Å². The number of nitrogens with one attached hydrogen (secondary N) is 2. The molecule has 1 aliphatic carbocycles. The Kier molecular flexibility index (Phi) is 3.85. The lowest BCUT2D eigenvalue weighted by Crippen LogP contribution is -2.46. The van der Waals surface area contributed by atoms with Gasteiger partial charge in [0.2, 0.25) is 5.91 Å². The fourth-order valence-corrected chi connectivity index (χ4v) is 3.77. The summed E-state index contributed by atoms with van der Waals surface area (Å²) in [5.41, 5.74) is 0. The lowest BCUT2D eigenvalue weighted by atomic mass is 9.93. The van der Waals surface area contributed by atoms with Crippen molar-refractivity contribution in [2.45, 2.75) is 50.7 Å². The summed E-state index contributed by atoms with van der Waals surface area (Å²) in [6.07, 6.45) is 7.54. The van der Waals surface area contributed by atoms with E-state index in [1.165, 1.54) is 32.1 Å². The predicted octanol–water partition coefficient (Wildman–Crippen LogP) is 1.06. The minimum Gasteiger partial charge on any atom is -0.376 e. The summed E-state index contributed by atoms with van der Waals surface area (Å²) < 4.78 is 5.64. The van der Waals surface area contributed by atoms with Crippen molar-refractivity contribution in [3.05, 3.63) is 0 Å². The molecular weight excluding hydrogens is 228 g/mol. The summed E-state index contributed by atoms with van der Waals surface area (Å²) in [6, 6.07) is 0.0566. The summed E-state index contributed by atoms with van der Waals surface area (Å²) in [7, 11) is 0. The van der Waals surface area contributed by atoms with Crippen LogP contribution < -0.4 is 10.6 Å². The Balaban J connectivity index is 1.46. The van der Waals surface area contributed by atoms with Gasteiger partial charge in [0.1, 0.15) is 0 Å². The van der Waals surface area contributed by atoms with Gasteiger partial charge in [-0.15, -0.1) is 0 Å². The number of amides is 1. The Morgan fingerprint density at radius 1 is 1.22 bits per heavy atom. The second-order valence-corrected chi connectivity index (χ2v) is 5.97. The van der Waals surface area contributed by atoms with Gasteiger partial charge in [-0.25, -0.2) is 0 Å². The molecule has 2 N–H and O–H groups in total. The number of hydrogen-bond acceptors (Lipinski definition) is 3. The van der Waals surface area contributed by atoms with Gasteiger partial charge in [0, 0.05) is 13.2 Å². The van der Waals surface area contributed by atoms with Crippen LogP contribution in [-0.4, -0.2) is 37.7 Å². The number of carbonyl (C=O) groups is 1. The molecule has 2 heterocycles. The first kappa shape index (κ1) is 12.4. The molecule has 3 rings (SSSR count). The standard InChI is InChI=1S/C14H24N2O2/c17-14(16-9-11-5-1-2-7-18-11)13-12-6-3-4-10(12)8-15-13/h10-13,15H,1-9H2,(H,16,17). The summed E-state index contributed by atoms with van der Waals surface area (Å²) in [5, 5.41) is 6.47. The molecule has 0 radical (unpaired) electrons. The summed E-state index contributed by atoms with van der Waals surface area (Å²) in [5.74, 6) is 1.52. The first-order valence-electron chi connectivity index (χ1n) is 7.47. The molecule has 0 bridgehead atoms. The second-order valence-electron chi connectivity index (χ2n) is 5.97. The van der Waals surface area contributed by atoms with Crippen LogP contribution in [0.4, 0.5) is 0 Å². The van der Waals surface area contributed by atoms with E-state index < -0.39 is 0 Å². The molecule has 0 aromatic rings. The maximum absolute atomic E-state index is 12.2. The van der Waals surface area contributed by atoms with E-state index in [0.29, 0.717) is 12.5 Å². The quantitative estimate of drug-likeness (QED) is 0.789. The molecule has 0 spiro atoms. The highest BCUT2D eigenvalue weighted by atomic mass is 16.5. The number of carbonyl (C=O) groups excluding carboxylic acids is 1. The third-order valence-electron chi connectivity index (χ3n) is 4.81. The third kappa shape index (κ3) is 2.54. The van der Waals surface area contributed by atoms with E-state index in [0.717, 1.165) is 25.5 Å². The molecule has 4 nitrogen and oxygen atoms in total. The van der Waals surface area contributed by atoms with Gasteiger partial charge < -0.3 is 15.4 Å². The molecule has 2 saturated heterocycles. The van der Waals surface area contributed by atoms with Crippen molar-refractivity contribution >= 4 is 5.91 Å². The minimum absolute atomic E-state index is 0.0566. The summed E-state index contributed by atoms with van der Waals surface area (Å²) in [6.45, 7) is 2.57. The van der Waals surface area contributed by atoms with Crippen molar-refractivity contribution in [2.75, 3.05) is 19.7 Å². The van der Waals surface area contributed by atoms with Crippen molar-refractivity contribution in [1.82, 2.24) is 10.6 Å². The molecule has 4 unspecified atom stereocenters. The zero-order valence-corrected chi connectivity index (χ0v) is 11.0. The van der Waals surface area contributed by atoms with Gasteiger partial charge in [0.05, 0.1) is 12.1 Å². The highest BCUT2D eigenvalue weighted by molar-refractivity contribution is 5.82. The van der Waals surface area contributed by atoms with Gasteiger partial charge in [0.25, 0.3) is 0 Å². The van der Waals surface area contributed by atoms with Crippen molar-refractivity contribution in [3.8, 4) is 0 Å². The minimum atomic E-state index is 0.0566. The molecule has 1 amide bonds. The molecule has 3 fully saturated rings. The lowest BCUT2D eigenvalue weighted by molar-refractivity contribution is -0.124. The second kappa shape index (κ2) is 5.57. The van der Waals surface area contributed by atoms with E-state index in [2.05, 4.69) is 10.6 Å². The Hall–Kier alpha value is -0.610. The lowest BCUT2D eigenvalue weighted by Gasteiger charge is -2.24. The number of fused-ring (bicyclic) bond motifs is 1. The Labute approximate surface area is 109 Å². The SMILES string of the molecule is O=C(NCC1CCCCO1)C1NCC2CCCC21. The average Bonchev–Trinajstić information content (AvgIpc) is 2.99. The fourth-order valence-electron chi connectivity index (χ4n) is 3.77. The van der Waals surface area contributed by atoms with Gasteiger partial charge in [-0.05, 0) is 50.5 Å². The van der Waals surface area contributed by atoms with Gasteiger partial charge in [0.15, 0.2) is 0 Å². The first-order chi connectivity index (χ1) is 8.84. The van der Waals surface area contributed by atoms with Crippen molar-refractivity contribution in [1.29, 1.82) is 0 Å². The summed E-state index contributed by atoms with van der Waals surface area (Å²) in [4.78, 5) is 12.2. The summed E-state index contributed by atoms with van der Waals surface area (Å²) >= 11 is 0. The predicted molar refractivity (Wildman–Crippen MR) is 69.2 cm³/mol. The van der Waals surface area contributed by atoms with Crippen LogP contribution in [0.25, 0.3) is 0 Å². The maximum atomic E-state index is 12.2. The molecular formula is C14H24N2O2. The monoisotopic (exact) mass is 252 g/mol. The van der Waals surface area contributed by atoms with E-state index >= 15 is 0 Å². The zero-order valence-electron chi connectivity index (χ0n) is 11.0. The average molecular weight is 252 g/mol. The molecule has 102 valence electrons. The van der Waals surface area contributed by atoms with Gasteiger partial charge in [-0.1, -0.05) is 6.42 Å². The van der Waals surface area contributed by atoms with E-state index in [-0.39, 0.29) is 18.1 Å². The Bertz CT molecular complexity index is 302. The van der Waals surface area contributed by atoms with Crippen molar-refractivity contribution in [3.63, 3.8) is 0 Å². The van der Waals surface area contributed by atoms with Crippen LogP contribution in [0.1, 0.15) is 38.5 Å². The van der Waals surface area contributed by atoms with E-state index in [4.69, 9.17) is 4.74 Å². The van der Waals surface area contributed by atoms with Gasteiger partial charge >= 0.3 is 0 Å². The van der Waals surface area contributed by atoms with E-state index in [1.54, 1.807) is 0 Å². The van der Waals surface area contributed by atoms with Crippen LogP contribution in [0.5, 0.6) is 0 Å². The Morgan fingerprint density at radius 3 is 3.00 bits per heavy atom. The molecule has 2 aliphatic heterocycles. The van der Waals surface area contributed by atoms with Crippen LogP contribution >= 0.6 is 0 Å². The number of hydrogen-bond donors (Lipinski definition) is 2. The van der Waals surface area contributed by atoms with E-state index in [9.17, 15) is 4.79 Å². The first-order valence-corrected chi connectivity index (χ1v) is 7.47. The smallest absolute Gasteiger partial charge is 0.237 e. The molecule has 18 heavy (non-hydrogen) atoms. The van der Waals surface area contributed by atoms with Gasteiger partial charge in [-0.3, -0.25) is 4.79 Å². The van der Waals surface area contributed by atoms with Crippen molar-refractivity contribution < 1.29 is 9.53 Å². The molecule has 0 aromatic carbocycles. The maximum Gasteiger partial charge on any atom is 0.237 e. The molecule has 3 aliphatic rings. The highest BCUT2D eigenvalue weighted by Crippen LogP contribution is 2.37. The molecule has 0 aromatic heterocycles. The van der Waals surface area contributed by atoms with E-state index in [1.807, 2.05) is 0 Å². The molecule has 4 heteroatoms. The number of ether oxygens (including phenoxy) is 1. The Morgan fingerprint density at radius 2 is 2.17 bits per heavy atom. The topological polar surface area (TPSA) is 50.4 Å². The largest absolute Gasteiger partial charge is 0.376 e. The van der Waals surface area contributed by atoms with Crippen LogP contribution in [0.15, 0.2) is 0 Å². The molecule has 1 saturated carbocycles. The van der Waals surface area contributed by atoms with Gasteiger partial charge in [-0.2, -0.15) is 0 Å². The van der Waals surface area contributed by atoms with Crippen LogP contribution in [0.3, 0.4) is 0 Å². The van der Waals surface area contributed by atoms with Crippen molar-refractivity contribution in [2.24, 2.45) is 11.8 Å². The zero-order chi connectivity index (χ0) is 12.4.